The van der Waals surface area contributed by atoms with E-state index in [1.54, 1.807) is 6.20 Å². The number of halogens is 1. The van der Waals surface area contributed by atoms with Gasteiger partial charge in [-0.2, -0.15) is 0 Å². The number of H-pyrrole nitrogens is 1. The number of nitrogens with one attached hydrogen (secondary N) is 1. The molecule has 82 valence electrons. The molecule has 0 spiro atoms. The zero-order valence-electron chi connectivity index (χ0n) is 8.66. The lowest BCUT2D eigenvalue weighted by molar-refractivity contribution is 0.288. The highest BCUT2D eigenvalue weighted by Crippen LogP contribution is 2.29. The average molecular weight is 235 g/mol. The summed E-state index contributed by atoms with van der Waals surface area (Å²) in [7, 11) is 0. The normalized spacial score (nSPS) is 14.3. The van der Waals surface area contributed by atoms with Crippen LogP contribution in [0.15, 0.2) is 24.4 Å². The SMILES string of the molecule is Clc1ncc(-c2ccc3c(c2)CCCO3)[nH]1. The Hall–Kier alpha value is -1.48. The van der Waals surface area contributed by atoms with Crippen LogP contribution < -0.4 is 4.74 Å². The number of aromatic amines is 1. The van der Waals surface area contributed by atoms with Gasteiger partial charge in [0.2, 0.25) is 0 Å². The van der Waals surface area contributed by atoms with Crippen molar-refractivity contribution in [1.29, 1.82) is 0 Å². The summed E-state index contributed by atoms with van der Waals surface area (Å²) in [5.41, 5.74) is 3.30. The highest BCUT2D eigenvalue weighted by Gasteiger charge is 2.11. The van der Waals surface area contributed by atoms with Crippen molar-refractivity contribution in [1.82, 2.24) is 9.97 Å². The molecule has 16 heavy (non-hydrogen) atoms. The summed E-state index contributed by atoms with van der Waals surface area (Å²) in [5, 5.41) is 0.420. The maximum Gasteiger partial charge on any atom is 0.200 e. The molecule has 4 heteroatoms. The van der Waals surface area contributed by atoms with Gasteiger partial charge in [-0.05, 0) is 48.2 Å². The monoisotopic (exact) mass is 234 g/mol. The molecule has 1 N–H and O–H groups in total. The molecule has 2 heterocycles. The summed E-state index contributed by atoms with van der Waals surface area (Å²) in [5.74, 6) is 1.00. The number of nitrogens with zero attached hydrogens (tertiary/aromatic N) is 1. The second-order valence-electron chi connectivity index (χ2n) is 3.86. The third kappa shape index (κ3) is 1.67. The van der Waals surface area contributed by atoms with Gasteiger partial charge in [0.1, 0.15) is 5.75 Å². The highest BCUT2D eigenvalue weighted by atomic mass is 35.5. The molecule has 0 saturated carbocycles. The third-order valence-corrected chi connectivity index (χ3v) is 2.96. The molecule has 1 aliphatic heterocycles. The van der Waals surface area contributed by atoms with E-state index in [4.69, 9.17) is 16.3 Å². The Bertz CT molecular complexity index is 521. The van der Waals surface area contributed by atoms with Crippen LogP contribution in [0.5, 0.6) is 5.75 Å². The molecule has 1 aromatic heterocycles. The lowest BCUT2D eigenvalue weighted by atomic mass is 10.0. The number of imidazole rings is 1. The minimum Gasteiger partial charge on any atom is -0.493 e. The summed E-state index contributed by atoms with van der Waals surface area (Å²) in [4.78, 5) is 7.00. The summed E-state index contributed by atoms with van der Waals surface area (Å²) in [6.45, 7) is 0.822. The van der Waals surface area contributed by atoms with E-state index in [1.807, 2.05) is 12.1 Å². The van der Waals surface area contributed by atoms with Gasteiger partial charge in [-0.1, -0.05) is 0 Å². The maximum atomic E-state index is 5.76. The number of fused-ring (bicyclic) bond motifs is 1. The van der Waals surface area contributed by atoms with Crippen LogP contribution in [0.25, 0.3) is 11.3 Å². The second-order valence-corrected chi connectivity index (χ2v) is 4.22. The van der Waals surface area contributed by atoms with Crippen molar-refractivity contribution in [3.05, 3.63) is 35.2 Å². The molecule has 3 nitrogen and oxygen atoms in total. The number of aromatic nitrogens is 2. The van der Waals surface area contributed by atoms with Crippen LogP contribution >= 0.6 is 11.6 Å². The first-order chi connectivity index (χ1) is 7.83. The van der Waals surface area contributed by atoms with E-state index in [9.17, 15) is 0 Å². The van der Waals surface area contributed by atoms with Crippen molar-refractivity contribution in [2.24, 2.45) is 0 Å². The standard InChI is InChI=1S/C12H11ClN2O/c13-12-14-7-10(15-12)8-3-4-11-9(6-8)2-1-5-16-11/h3-4,6-7H,1-2,5H2,(H,14,15). The van der Waals surface area contributed by atoms with Gasteiger partial charge >= 0.3 is 0 Å². The fourth-order valence-corrected chi connectivity index (χ4v) is 2.12. The first-order valence-electron chi connectivity index (χ1n) is 5.29. The van der Waals surface area contributed by atoms with E-state index in [2.05, 4.69) is 16.0 Å². The van der Waals surface area contributed by atoms with Crippen LogP contribution in [0, 0.1) is 0 Å². The van der Waals surface area contributed by atoms with Crippen LogP contribution in [0.3, 0.4) is 0 Å². The first kappa shape index (κ1) is 9.73. The van der Waals surface area contributed by atoms with Gasteiger partial charge in [-0.3, -0.25) is 0 Å². The van der Waals surface area contributed by atoms with Crippen LogP contribution in [0.1, 0.15) is 12.0 Å². The van der Waals surface area contributed by atoms with E-state index >= 15 is 0 Å². The Morgan fingerprint density at radius 2 is 2.31 bits per heavy atom. The maximum absolute atomic E-state index is 5.76. The number of aryl methyl sites for hydroxylation is 1. The van der Waals surface area contributed by atoms with Crippen molar-refractivity contribution in [3.63, 3.8) is 0 Å². The summed E-state index contributed by atoms with van der Waals surface area (Å²) < 4.78 is 5.57. The van der Waals surface area contributed by atoms with E-state index in [-0.39, 0.29) is 0 Å². The Morgan fingerprint density at radius 1 is 1.38 bits per heavy atom. The van der Waals surface area contributed by atoms with Gasteiger partial charge in [0.25, 0.3) is 0 Å². The zero-order chi connectivity index (χ0) is 11.0. The number of hydrogen-bond donors (Lipinski definition) is 1. The molecule has 0 aliphatic carbocycles. The van der Waals surface area contributed by atoms with Crippen LogP contribution in [0.2, 0.25) is 5.28 Å². The minimum absolute atomic E-state index is 0.420. The average Bonchev–Trinajstić information content (AvgIpc) is 2.75. The number of benzene rings is 1. The molecule has 2 aromatic rings. The molecule has 0 bridgehead atoms. The van der Waals surface area contributed by atoms with Gasteiger partial charge in [0.05, 0.1) is 18.5 Å². The molecular weight excluding hydrogens is 224 g/mol. The smallest absolute Gasteiger partial charge is 0.200 e. The fourth-order valence-electron chi connectivity index (χ4n) is 1.97. The van der Waals surface area contributed by atoms with E-state index < -0.39 is 0 Å². The van der Waals surface area contributed by atoms with Gasteiger partial charge in [-0.25, -0.2) is 4.98 Å². The lowest BCUT2D eigenvalue weighted by Gasteiger charge is -2.17. The van der Waals surface area contributed by atoms with Crippen molar-refractivity contribution < 1.29 is 4.74 Å². The Labute approximate surface area is 98.4 Å². The minimum atomic E-state index is 0.420. The Kier molecular flexibility index (Phi) is 2.33. The van der Waals surface area contributed by atoms with Crippen LogP contribution in [0.4, 0.5) is 0 Å². The van der Waals surface area contributed by atoms with E-state index in [1.165, 1.54) is 5.56 Å². The summed E-state index contributed by atoms with van der Waals surface area (Å²) in [6.07, 6.45) is 3.90. The lowest BCUT2D eigenvalue weighted by Crippen LogP contribution is -2.07. The molecular formula is C12H11ClN2O. The Balaban J connectivity index is 2.02. The van der Waals surface area contributed by atoms with Crippen LogP contribution in [-0.4, -0.2) is 16.6 Å². The quantitative estimate of drug-likeness (QED) is 0.824. The van der Waals surface area contributed by atoms with Crippen molar-refractivity contribution in [2.75, 3.05) is 6.61 Å². The van der Waals surface area contributed by atoms with Crippen molar-refractivity contribution in [2.45, 2.75) is 12.8 Å². The molecule has 1 aromatic carbocycles. The first-order valence-corrected chi connectivity index (χ1v) is 5.67. The van der Waals surface area contributed by atoms with Crippen molar-refractivity contribution in [3.8, 4) is 17.0 Å². The Morgan fingerprint density at radius 3 is 3.12 bits per heavy atom. The van der Waals surface area contributed by atoms with Crippen molar-refractivity contribution >= 4 is 11.6 Å². The molecule has 0 unspecified atom stereocenters. The summed E-state index contributed by atoms with van der Waals surface area (Å²) in [6, 6.07) is 6.17. The third-order valence-electron chi connectivity index (χ3n) is 2.76. The number of ether oxygens (including phenoxy) is 1. The molecule has 0 saturated heterocycles. The van der Waals surface area contributed by atoms with Gasteiger partial charge in [-0.15, -0.1) is 0 Å². The molecule has 0 atom stereocenters. The molecule has 1 aliphatic rings. The predicted octanol–water partition coefficient (Wildman–Crippen LogP) is 3.06. The number of hydrogen-bond acceptors (Lipinski definition) is 2. The molecule has 3 rings (SSSR count). The van der Waals surface area contributed by atoms with Gasteiger partial charge < -0.3 is 9.72 Å². The zero-order valence-corrected chi connectivity index (χ0v) is 9.42. The number of rotatable bonds is 1. The fraction of sp³-hybridized carbons (Fsp3) is 0.250. The van der Waals surface area contributed by atoms with Gasteiger partial charge in [0, 0.05) is 5.56 Å². The molecule has 0 amide bonds. The predicted molar refractivity (Wildman–Crippen MR) is 62.8 cm³/mol. The largest absolute Gasteiger partial charge is 0.493 e. The second kappa shape index (κ2) is 3.83. The molecule has 0 fully saturated rings. The summed E-state index contributed by atoms with van der Waals surface area (Å²) >= 11 is 5.76. The molecule has 0 radical (unpaired) electrons. The van der Waals surface area contributed by atoms with E-state index in [0.29, 0.717) is 5.28 Å². The van der Waals surface area contributed by atoms with Gasteiger partial charge in [0.15, 0.2) is 5.28 Å². The van der Waals surface area contributed by atoms with Crippen LogP contribution in [-0.2, 0) is 6.42 Å². The highest BCUT2D eigenvalue weighted by molar-refractivity contribution is 6.28. The topological polar surface area (TPSA) is 37.9 Å². The van der Waals surface area contributed by atoms with E-state index in [0.717, 1.165) is 36.5 Å².